The van der Waals surface area contributed by atoms with Gasteiger partial charge in [-0.1, -0.05) is 0 Å². The van der Waals surface area contributed by atoms with Crippen molar-refractivity contribution >= 4 is 11.8 Å². The van der Waals surface area contributed by atoms with Gasteiger partial charge >= 0.3 is 5.97 Å². The zero-order valence-electron chi connectivity index (χ0n) is 12.0. The van der Waals surface area contributed by atoms with Crippen molar-refractivity contribution in [2.45, 2.75) is 39.5 Å². The Morgan fingerprint density at radius 1 is 1.25 bits per heavy atom. The van der Waals surface area contributed by atoms with Crippen molar-refractivity contribution in [2.75, 3.05) is 11.9 Å². The van der Waals surface area contributed by atoms with Crippen LogP contribution in [-0.2, 0) is 0 Å². The van der Waals surface area contributed by atoms with E-state index < -0.39 is 5.97 Å². The lowest BCUT2D eigenvalue weighted by atomic mass is 9.98. The molecule has 2 aliphatic rings. The van der Waals surface area contributed by atoms with Crippen LogP contribution >= 0.6 is 0 Å². The van der Waals surface area contributed by atoms with Crippen molar-refractivity contribution in [3.05, 3.63) is 16.8 Å². The second-order valence-corrected chi connectivity index (χ2v) is 6.16. The second kappa shape index (κ2) is 5.04. The van der Waals surface area contributed by atoms with Crippen LogP contribution in [-0.4, -0.2) is 27.8 Å². The van der Waals surface area contributed by atoms with Gasteiger partial charge in [0.2, 0.25) is 0 Å². The van der Waals surface area contributed by atoms with Crippen LogP contribution in [0.15, 0.2) is 0 Å². The summed E-state index contributed by atoms with van der Waals surface area (Å²) in [6, 6.07) is 0. The predicted octanol–water partition coefficient (Wildman–Crippen LogP) is 2.64. The molecular weight excluding hydrogens is 254 g/mol. The van der Waals surface area contributed by atoms with Crippen LogP contribution in [0.1, 0.15) is 47.3 Å². The van der Waals surface area contributed by atoms with Gasteiger partial charge in [-0.3, -0.25) is 0 Å². The molecule has 0 bridgehead atoms. The molecule has 5 nitrogen and oxygen atoms in total. The number of rotatable bonds is 6. The molecule has 5 heteroatoms. The van der Waals surface area contributed by atoms with Crippen molar-refractivity contribution in [1.82, 2.24) is 10.2 Å². The van der Waals surface area contributed by atoms with Crippen LogP contribution in [0.2, 0.25) is 0 Å². The Kier molecular flexibility index (Phi) is 3.36. The van der Waals surface area contributed by atoms with Gasteiger partial charge in [0.05, 0.1) is 5.69 Å². The molecule has 20 heavy (non-hydrogen) atoms. The van der Waals surface area contributed by atoms with Gasteiger partial charge in [0.25, 0.3) is 0 Å². The molecule has 0 amide bonds. The van der Waals surface area contributed by atoms with Gasteiger partial charge < -0.3 is 10.4 Å². The smallest absolute Gasteiger partial charge is 0.339 e. The number of aryl methyl sites for hydroxylation is 1. The zero-order valence-corrected chi connectivity index (χ0v) is 12.0. The number of anilines is 1. The highest BCUT2D eigenvalue weighted by Crippen LogP contribution is 2.49. The minimum atomic E-state index is -0.933. The molecule has 2 fully saturated rings. The van der Waals surface area contributed by atoms with E-state index in [1.807, 2.05) is 0 Å². The second-order valence-electron chi connectivity index (χ2n) is 6.16. The minimum absolute atomic E-state index is 0.267. The average molecular weight is 275 g/mol. The number of carboxylic acids is 1. The maximum Gasteiger partial charge on any atom is 0.339 e. The highest BCUT2D eigenvalue weighted by Gasteiger charge is 2.41. The SMILES string of the molecule is Cc1nnc(NCC(C2CC2)C2CC2)c(C(=O)O)c1C. The van der Waals surface area contributed by atoms with Crippen LogP contribution in [0.3, 0.4) is 0 Å². The third kappa shape index (κ3) is 2.62. The first kappa shape index (κ1) is 13.3. The van der Waals surface area contributed by atoms with Crippen molar-refractivity contribution in [3.63, 3.8) is 0 Å². The number of nitrogens with one attached hydrogen (secondary N) is 1. The van der Waals surface area contributed by atoms with Gasteiger partial charge in [-0.2, -0.15) is 5.10 Å². The van der Waals surface area contributed by atoms with Gasteiger partial charge in [0.15, 0.2) is 5.82 Å². The maximum absolute atomic E-state index is 11.4. The summed E-state index contributed by atoms with van der Waals surface area (Å²) in [5, 5.41) is 20.7. The molecule has 0 radical (unpaired) electrons. The molecule has 0 unspecified atom stereocenters. The van der Waals surface area contributed by atoms with Crippen molar-refractivity contribution in [1.29, 1.82) is 0 Å². The molecule has 1 heterocycles. The first-order valence-electron chi connectivity index (χ1n) is 7.39. The van der Waals surface area contributed by atoms with E-state index >= 15 is 0 Å². The largest absolute Gasteiger partial charge is 0.478 e. The minimum Gasteiger partial charge on any atom is -0.478 e. The van der Waals surface area contributed by atoms with E-state index in [4.69, 9.17) is 0 Å². The normalized spacial score (nSPS) is 18.4. The summed E-state index contributed by atoms with van der Waals surface area (Å²) in [6.45, 7) is 4.40. The average Bonchev–Trinajstić information content (AvgIpc) is 3.26. The molecule has 1 aromatic rings. The van der Waals surface area contributed by atoms with Gasteiger partial charge in [0.1, 0.15) is 5.56 Å². The standard InChI is InChI=1S/C15H21N3O2/c1-8-9(2)17-18-14(13(8)15(19)20)16-7-12(10-3-4-10)11-5-6-11/h10-12H,3-7H2,1-2H3,(H,16,18)(H,19,20). The van der Waals surface area contributed by atoms with E-state index in [2.05, 4.69) is 15.5 Å². The number of aromatic carboxylic acids is 1. The zero-order chi connectivity index (χ0) is 14.3. The molecule has 0 aromatic carbocycles. The summed E-state index contributed by atoms with van der Waals surface area (Å²) in [6.07, 6.45) is 5.31. The Labute approximate surface area is 118 Å². The van der Waals surface area contributed by atoms with Gasteiger partial charge in [-0.05, 0) is 62.8 Å². The van der Waals surface area contributed by atoms with E-state index in [0.29, 0.717) is 23.0 Å². The number of carboxylic acid groups (broad SMARTS) is 1. The van der Waals surface area contributed by atoms with E-state index in [1.165, 1.54) is 25.7 Å². The Balaban J connectivity index is 1.76. The molecule has 2 N–H and O–H groups in total. The molecule has 0 atom stereocenters. The van der Waals surface area contributed by atoms with Gasteiger partial charge in [-0.15, -0.1) is 5.10 Å². The maximum atomic E-state index is 11.4. The highest BCUT2D eigenvalue weighted by molar-refractivity contribution is 5.94. The van der Waals surface area contributed by atoms with Crippen LogP contribution in [0.5, 0.6) is 0 Å². The third-order valence-electron chi connectivity index (χ3n) is 4.63. The molecule has 3 rings (SSSR count). The molecular formula is C15H21N3O2. The third-order valence-corrected chi connectivity index (χ3v) is 4.63. The molecule has 108 valence electrons. The number of hydrogen-bond donors (Lipinski definition) is 2. The van der Waals surface area contributed by atoms with Gasteiger partial charge in [0, 0.05) is 6.54 Å². The molecule has 1 aromatic heterocycles. The number of aromatic nitrogens is 2. The predicted molar refractivity (Wildman–Crippen MR) is 75.9 cm³/mol. The summed E-state index contributed by atoms with van der Waals surface area (Å²) in [5.41, 5.74) is 1.64. The first-order valence-corrected chi connectivity index (χ1v) is 7.39. The Morgan fingerprint density at radius 2 is 1.85 bits per heavy atom. The molecule has 2 aliphatic carbocycles. The number of nitrogens with zero attached hydrogens (tertiary/aromatic N) is 2. The van der Waals surface area contributed by atoms with Crippen molar-refractivity contribution < 1.29 is 9.90 Å². The number of carbonyl (C=O) groups is 1. The fourth-order valence-electron chi connectivity index (χ4n) is 2.98. The Morgan fingerprint density at radius 3 is 2.35 bits per heavy atom. The fraction of sp³-hybridized carbons (Fsp3) is 0.667. The molecule has 0 aliphatic heterocycles. The van der Waals surface area contributed by atoms with Crippen molar-refractivity contribution in [3.8, 4) is 0 Å². The Bertz CT molecular complexity index is 524. The lowest BCUT2D eigenvalue weighted by molar-refractivity contribution is 0.0696. The summed E-state index contributed by atoms with van der Waals surface area (Å²) in [5.74, 6) is 1.84. The Hall–Kier alpha value is -1.65. The summed E-state index contributed by atoms with van der Waals surface area (Å²) >= 11 is 0. The van der Waals surface area contributed by atoms with E-state index in [-0.39, 0.29) is 5.56 Å². The first-order chi connectivity index (χ1) is 9.58. The lowest BCUT2D eigenvalue weighted by Gasteiger charge is -2.18. The fourth-order valence-corrected chi connectivity index (χ4v) is 2.98. The van der Waals surface area contributed by atoms with Gasteiger partial charge in [-0.25, -0.2) is 4.79 Å². The lowest BCUT2D eigenvalue weighted by Crippen LogP contribution is -2.21. The monoisotopic (exact) mass is 275 g/mol. The van der Waals surface area contributed by atoms with Crippen LogP contribution < -0.4 is 5.32 Å². The molecule has 2 saturated carbocycles. The molecule has 0 spiro atoms. The van der Waals surface area contributed by atoms with Crippen LogP contribution in [0.4, 0.5) is 5.82 Å². The van der Waals surface area contributed by atoms with E-state index in [1.54, 1.807) is 13.8 Å². The quantitative estimate of drug-likeness (QED) is 0.834. The summed E-state index contributed by atoms with van der Waals surface area (Å²) < 4.78 is 0. The van der Waals surface area contributed by atoms with Crippen molar-refractivity contribution in [2.24, 2.45) is 17.8 Å². The van der Waals surface area contributed by atoms with E-state index in [9.17, 15) is 9.90 Å². The summed E-state index contributed by atoms with van der Waals surface area (Å²) in [4.78, 5) is 11.4. The topological polar surface area (TPSA) is 75.1 Å². The summed E-state index contributed by atoms with van der Waals surface area (Å²) in [7, 11) is 0. The molecule has 0 saturated heterocycles. The highest BCUT2D eigenvalue weighted by atomic mass is 16.4. The van der Waals surface area contributed by atoms with Crippen LogP contribution in [0.25, 0.3) is 0 Å². The van der Waals surface area contributed by atoms with Crippen LogP contribution in [0, 0.1) is 31.6 Å². The van der Waals surface area contributed by atoms with E-state index in [0.717, 1.165) is 18.4 Å². The number of hydrogen-bond acceptors (Lipinski definition) is 4.